The molecule has 0 aliphatic rings. The Labute approximate surface area is 141 Å². The third kappa shape index (κ3) is 4.99. The van der Waals surface area contributed by atoms with Crippen LogP contribution in [0.2, 0.25) is 0 Å². The van der Waals surface area contributed by atoms with E-state index in [-0.39, 0.29) is 23.5 Å². The number of carbonyl (C=O) groups excluding carboxylic acids is 2. The summed E-state index contributed by atoms with van der Waals surface area (Å²) in [7, 11) is -1.20. The van der Waals surface area contributed by atoms with Gasteiger partial charge in [0.1, 0.15) is 5.82 Å². The normalized spacial score (nSPS) is 11.6. The molecule has 0 radical (unpaired) electrons. The number of benzene rings is 2. The van der Waals surface area contributed by atoms with Crippen LogP contribution in [-0.4, -0.2) is 28.3 Å². The van der Waals surface area contributed by atoms with Crippen LogP contribution in [-0.2, 0) is 15.6 Å². The first-order valence-corrected chi connectivity index (χ1v) is 8.58. The Morgan fingerprint density at radius 2 is 1.83 bits per heavy atom. The average Bonchev–Trinajstić information content (AvgIpc) is 2.57. The van der Waals surface area contributed by atoms with E-state index in [0.717, 1.165) is 6.07 Å². The fraction of sp³-hybridized carbons (Fsp3) is 0.176. The Bertz CT molecular complexity index is 766. The molecule has 0 aliphatic carbocycles. The number of hydrogen-bond donors (Lipinski definition) is 2. The fourth-order valence-electron chi connectivity index (χ4n) is 2.00. The molecular formula is C17H17FN2O3S. The van der Waals surface area contributed by atoms with Gasteiger partial charge >= 0.3 is 0 Å². The van der Waals surface area contributed by atoms with E-state index in [1.165, 1.54) is 19.1 Å². The minimum Gasteiger partial charge on any atom is -0.351 e. The van der Waals surface area contributed by atoms with Crippen LogP contribution in [0.5, 0.6) is 0 Å². The summed E-state index contributed by atoms with van der Waals surface area (Å²) in [5.41, 5.74) is 0.161. The lowest BCUT2D eigenvalue weighted by Crippen LogP contribution is -2.28. The highest BCUT2D eigenvalue weighted by atomic mass is 32.2. The maximum atomic E-state index is 13.6. The van der Waals surface area contributed by atoms with E-state index < -0.39 is 28.4 Å². The molecule has 2 N–H and O–H groups in total. The molecule has 2 aromatic rings. The average molecular weight is 348 g/mol. The van der Waals surface area contributed by atoms with Gasteiger partial charge in [0.15, 0.2) is 0 Å². The Morgan fingerprint density at radius 3 is 2.50 bits per heavy atom. The van der Waals surface area contributed by atoms with E-state index in [9.17, 15) is 18.2 Å². The SMILES string of the molecule is CC(=O)Nc1cc(C(=O)NCC[S@](=O)c2ccccc2)ccc1F. The first-order chi connectivity index (χ1) is 11.5. The molecule has 5 nitrogen and oxygen atoms in total. The van der Waals surface area contributed by atoms with Crippen molar-refractivity contribution >= 4 is 28.3 Å². The molecule has 0 bridgehead atoms. The molecule has 0 unspecified atom stereocenters. The van der Waals surface area contributed by atoms with Crippen molar-refractivity contribution in [1.82, 2.24) is 5.32 Å². The van der Waals surface area contributed by atoms with Crippen molar-refractivity contribution in [3.05, 3.63) is 59.9 Å². The van der Waals surface area contributed by atoms with Crippen LogP contribution < -0.4 is 10.6 Å². The van der Waals surface area contributed by atoms with E-state index in [2.05, 4.69) is 10.6 Å². The van der Waals surface area contributed by atoms with E-state index in [1.54, 1.807) is 24.3 Å². The van der Waals surface area contributed by atoms with Crippen molar-refractivity contribution in [2.45, 2.75) is 11.8 Å². The summed E-state index contributed by atoms with van der Waals surface area (Å²) in [6, 6.07) is 12.7. The quantitative estimate of drug-likeness (QED) is 0.841. The number of rotatable bonds is 6. The van der Waals surface area contributed by atoms with Crippen molar-refractivity contribution in [2.24, 2.45) is 0 Å². The molecule has 2 amide bonds. The summed E-state index contributed by atoms with van der Waals surface area (Å²) >= 11 is 0. The summed E-state index contributed by atoms with van der Waals surface area (Å²) in [6.07, 6.45) is 0. The van der Waals surface area contributed by atoms with Gasteiger partial charge in [-0.15, -0.1) is 0 Å². The molecule has 0 spiro atoms. The predicted octanol–water partition coefficient (Wildman–Crippen LogP) is 2.32. The van der Waals surface area contributed by atoms with Crippen molar-refractivity contribution < 1.29 is 18.2 Å². The largest absolute Gasteiger partial charge is 0.351 e. The highest BCUT2D eigenvalue weighted by Gasteiger charge is 2.11. The van der Waals surface area contributed by atoms with Gasteiger partial charge < -0.3 is 10.6 Å². The molecular weight excluding hydrogens is 331 g/mol. The van der Waals surface area contributed by atoms with Crippen LogP contribution in [0, 0.1) is 5.82 Å². The second kappa shape index (κ2) is 8.35. The standard InChI is InChI=1S/C17H17FN2O3S/c1-12(21)20-16-11-13(7-8-15(16)18)17(22)19-9-10-24(23)14-5-3-2-4-6-14/h2-8,11H,9-10H2,1H3,(H,19,22)(H,20,21)/t24-/m0/s1. The third-order valence-corrected chi connectivity index (χ3v) is 4.49. The fourth-order valence-corrected chi connectivity index (χ4v) is 2.99. The lowest BCUT2D eigenvalue weighted by Gasteiger charge is -2.08. The minimum absolute atomic E-state index is 0.0528. The summed E-state index contributed by atoms with van der Waals surface area (Å²) in [4.78, 5) is 23.8. The van der Waals surface area contributed by atoms with Gasteiger partial charge in [0, 0.05) is 29.7 Å². The van der Waals surface area contributed by atoms with Crippen LogP contribution in [0.4, 0.5) is 10.1 Å². The molecule has 0 heterocycles. The van der Waals surface area contributed by atoms with Gasteiger partial charge in [-0.05, 0) is 30.3 Å². The Morgan fingerprint density at radius 1 is 1.12 bits per heavy atom. The van der Waals surface area contributed by atoms with Gasteiger partial charge in [0.05, 0.1) is 16.5 Å². The zero-order chi connectivity index (χ0) is 17.5. The van der Waals surface area contributed by atoms with E-state index in [0.29, 0.717) is 4.90 Å². The molecule has 24 heavy (non-hydrogen) atoms. The highest BCUT2D eigenvalue weighted by molar-refractivity contribution is 7.85. The number of nitrogens with one attached hydrogen (secondary N) is 2. The van der Waals surface area contributed by atoms with Crippen molar-refractivity contribution in [3.8, 4) is 0 Å². The van der Waals surface area contributed by atoms with Crippen LogP contribution in [0.15, 0.2) is 53.4 Å². The molecule has 0 aromatic heterocycles. The summed E-state index contributed by atoms with van der Waals surface area (Å²) in [5.74, 6) is -1.20. The lowest BCUT2D eigenvalue weighted by atomic mass is 10.1. The van der Waals surface area contributed by atoms with E-state index >= 15 is 0 Å². The molecule has 0 saturated carbocycles. The Kier molecular flexibility index (Phi) is 6.20. The molecule has 126 valence electrons. The van der Waals surface area contributed by atoms with E-state index in [4.69, 9.17) is 0 Å². The third-order valence-electron chi connectivity index (χ3n) is 3.12. The maximum absolute atomic E-state index is 13.6. The number of amides is 2. The molecule has 1 atom stereocenters. The zero-order valence-electron chi connectivity index (χ0n) is 13.0. The maximum Gasteiger partial charge on any atom is 0.251 e. The van der Waals surface area contributed by atoms with Crippen LogP contribution in [0.25, 0.3) is 0 Å². The van der Waals surface area contributed by atoms with Crippen molar-refractivity contribution in [2.75, 3.05) is 17.6 Å². The molecule has 2 rings (SSSR count). The van der Waals surface area contributed by atoms with Crippen molar-refractivity contribution in [3.63, 3.8) is 0 Å². The number of hydrogen-bond acceptors (Lipinski definition) is 3. The first-order valence-electron chi connectivity index (χ1n) is 7.26. The monoisotopic (exact) mass is 348 g/mol. The summed E-state index contributed by atoms with van der Waals surface area (Å²) in [6.45, 7) is 1.47. The minimum atomic E-state index is -1.20. The molecule has 2 aromatic carbocycles. The van der Waals surface area contributed by atoms with E-state index in [1.807, 2.05) is 6.07 Å². The predicted molar refractivity (Wildman–Crippen MR) is 90.8 cm³/mol. The van der Waals surface area contributed by atoms with Crippen LogP contribution in [0.1, 0.15) is 17.3 Å². The first kappa shape index (κ1) is 17.8. The smallest absolute Gasteiger partial charge is 0.251 e. The second-order valence-electron chi connectivity index (χ2n) is 4.99. The summed E-state index contributed by atoms with van der Waals surface area (Å²) < 4.78 is 25.6. The lowest BCUT2D eigenvalue weighted by molar-refractivity contribution is -0.114. The summed E-state index contributed by atoms with van der Waals surface area (Å²) in [5, 5.41) is 4.95. The number of carbonyl (C=O) groups is 2. The van der Waals surface area contributed by atoms with Gasteiger partial charge in [-0.3, -0.25) is 13.8 Å². The Balaban J connectivity index is 1.93. The Hall–Kier alpha value is -2.54. The molecule has 0 aliphatic heterocycles. The molecule has 7 heteroatoms. The second-order valence-corrected chi connectivity index (χ2v) is 6.57. The van der Waals surface area contributed by atoms with Crippen LogP contribution >= 0.6 is 0 Å². The van der Waals surface area contributed by atoms with Gasteiger partial charge in [0.25, 0.3) is 5.91 Å². The van der Waals surface area contributed by atoms with Crippen LogP contribution in [0.3, 0.4) is 0 Å². The molecule has 0 fully saturated rings. The van der Waals surface area contributed by atoms with Gasteiger partial charge in [-0.1, -0.05) is 18.2 Å². The topological polar surface area (TPSA) is 75.3 Å². The van der Waals surface area contributed by atoms with Gasteiger partial charge in [0.2, 0.25) is 5.91 Å². The van der Waals surface area contributed by atoms with Gasteiger partial charge in [-0.25, -0.2) is 4.39 Å². The molecule has 0 saturated heterocycles. The van der Waals surface area contributed by atoms with Crippen molar-refractivity contribution in [1.29, 1.82) is 0 Å². The zero-order valence-corrected chi connectivity index (χ0v) is 13.9. The highest BCUT2D eigenvalue weighted by Crippen LogP contribution is 2.16. The number of halogens is 1. The van der Waals surface area contributed by atoms with Gasteiger partial charge in [-0.2, -0.15) is 0 Å². The number of anilines is 1.